The minimum absolute atomic E-state index is 0.154. The molecule has 0 bridgehead atoms. The van der Waals surface area contributed by atoms with Crippen LogP contribution in [0.4, 0.5) is 0 Å². The lowest BCUT2D eigenvalue weighted by molar-refractivity contribution is 0.100. The van der Waals surface area contributed by atoms with E-state index >= 15 is 0 Å². The van der Waals surface area contributed by atoms with Crippen molar-refractivity contribution in [1.29, 1.82) is 0 Å². The molecule has 0 unspecified atom stereocenters. The molecule has 0 fully saturated rings. The van der Waals surface area contributed by atoms with Gasteiger partial charge in [-0.2, -0.15) is 0 Å². The maximum atomic E-state index is 13.8. The molecule has 6 aromatic rings. The number of carbonyl (C=O) groups is 2. The highest BCUT2D eigenvalue weighted by Gasteiger charge is 2.30. The Labute approximate surface area is 238 Å². The first-order chi connectivity index (χ1) is 20.2. The zero-order valence-corrected chi connectivity index (χ0v) is 22.3. The fourth-order valence-corrected chi connectivity index (χ4v) is 5.78. The standard InChI is InChI=1S/C38H26O3/c39-35(25-13-5-1-6-14-25)31-21-29-23-33-34(24-30(29)22-32(31)36(40)26-15-7-2-8-16-26)38(28-19-11-4-12-20-28)41-37(33)27-17-9-3-10-18-27/h1-22H,23-24H2. The molecule has 7 rings (SSSR count). The highest BCUT2D eigenvalue weighted by molar-refractivity contribution is 6.19. The smallest absolute Gasteiger partial charge is 0.193 e. The Morgan fingerprint density at radius 3 is 1.17 bits per heavy atom. The van der Waals surface area contributed by atoms with E-state index in [1.165, 1.54) is 0 Å². The van der Waals surface area contributed by atoms with Gasteiger partial charge in [-0.15, -0.1) is 0 Å². The second-order valence-corrected chi connectivity index (χ2v) is 10.4. The third-order valence-electron chi connectivity index (χ3n) is 7.82. The Kier molecular flexibility index (Phi) is 6.25. The van der Waals surface area contributed by atoms with Crippen LogP contribution in [-0.4, -0.2) is 11.6 Å². The number of rotatable bonds is 6. The largest absolute Gasteiger partial charge is 0.455 e. The number of carbonyl (C=O) groups excluding carboxylic acids is 2. The van der Waals surface area contributed by atoms with Gasteiger partial charge in [0.1, 0.15) is 11.5 Å². The summed E-state index contributed by atoms with van der Waals surface area (Å²) in [4.78, 5) is 27.7. The van der Waals surface area contributed by atoms with Crippen LogP contribution >= 0.6 is 0 Å². The van der Waals surface area contributed by atoms with Gasteiger partial charge in [0.25, 0.3) is 0 Å². The van der Waals surface area contributed by atoms with Crippen molar-refractivity contribution in [3.63, 3.8) is 0 Å². The van der Waals surface area contributed by atoms with E-state index in [4.69, 9.17) is 4.42 Å². The minimum Gasteiger partial charge on any atom is -0.455 e. The van der Waals surface area contributed by atoms with Crippen molar-refractivity contribution < 1.29 is 14.0 Å². The number of hydrogen-bond donors (Lipinski definition) is 0. The van der Waals surface area contributed by atoms with Crippen LogP contribution in [-0.2, 0) is 12.8 Å². The molecule has 196 valence electrons. The van der Waals surface area contributed by atoms with Crippen molar-refractivity contribution in [3.05, 3.63) is 178 Å². The highest BCUT2D eigenvalue weighted by atomic mass is 16.3. The van der Waals surface area contributed by atoms with Gasteiger partial charge in [0.15, 0.2) is 11.6 Å². The van der Waals surface area contributed by atoms with Crippen LogP contribution in [0.5, 0.6) is 0 Å². The second-order valence-electron chi connectivity index (χ2n) is 10.4. The van der Waals surface area contributed by atoms with Crippen molar-refractivity contribution >= 4 is 11.6 Å². The molecule has 0 N–H and O–H groups in total. The van der Waals surface area contributed by atoms with Crippen LogP contribution in [0.2, 0.25) is 0 Å². The minimum atomic E-state index is -0.154. The first-order valence-corrected chi connectivity index (χ1v) is 13.8. The van der Waals surface area contributed by atoms with Gasteiger partial charge in [-0.05, 0) is 23.3 Å². The predicted molar refractivity (Wildman–Crippen MR) is 161 cm³/mol. The van der Waals surface area contributed by atoms with E-state index in [0.717, 1.165) is 44.9 Å². The average Bonchev–Trinajstić information content (AvgIpc) is 3.42. The Balaban J connectivity index is 1.41. The number of ketones is 2. The van der Waals surface area contributed by atoms with Crippen molar-refractivity contribution in [2.45, 2.75) is 12.8 Å². The van der Waals surface area contributed by atoms with E-state index in [1.54, 1.807) is 24.3 Å². The number of hydrogen-bond acceptors (Lipinski definition) is 3. The Morgan fingerprint density at radius 1 is 0.463 bits per heavy atom. The van der Waals surface area contributed by atoms with Gasteiger partial charge < -0.3 is 4.42 Å². The first kappa shape index (κ1) is 24.7. The molecule has 3 heteroatoms. The van der Waals surface area contributed by atoms with Crippen LogP contribution < -0.4 is 0 Å². The summed E-state index contributed by atoms with van der Waals surface area (Å²) in [5, 5.41) is 0. The van der Waals surface area contributed by atoms with Crippen molar-refractivity contribution in [2.75, 3.05) is 0 Å². The number of fused-ring (bicyclic) bond motifs is 2. The quantitative estimate of drug-likeness (QED) is 0.202. The van der Waals surface area contributed by atoms with Crippen LogP contribution in [0.25, 0.3) is 22.6 Å². The summed E-state index contributed by atoms with van der Waals surface area (Å²) >= 11 is 0. The van der Waals surface area contributed by atoms with Crippen LogP contribution in [0.15, 0.2) is 138 Å². The van der Waals surface area contributed by atoms with Gasteiger partial charge >= 0.3 is 0 Å². The molecule has 3 nitrogen and oxygen atoms in total. The molecule has 5 aromatic carbocycles. The van der Waals surface area contributed by atoms with Crippen LogP contribution in [0.1, 0.15) is 54.1 Å². The van der Waals surface area contributed by atoms with Crippen LogP contribution in [0, 0.1) is 0 Å². The van der Waals surface area contributed by atoms with E-state index in [-0.39, 0.29) is 11.6 Å². The SMILES string of the molecule is O=C(c1ccccc1)c1cc2c(cc1C(=O)c1ccccc1)Cc1c(-c3ccccc3)oc(-c3ccccc3)c1C2. The molecule has 0 saturated heterocycles. The summed E-state index contributed by atoms with van der Waals surface area (Å²) in [6.45, 7) is 0. The summed E-state index contributed by atoms with van der Waals surface area (Å²) < 4.78 is 6.63. The molecular weight excluding hydrogens is 504 g/mol. The van der Waals surface area contributed by atoms with E-state index in [2.05, 4.69) is 24.3 Å². The maximum Gasteiger partial charge on any atom is 0.193 e. The van der Waals surface area contributed by atoms with Crippen molar-refractivity contribution in [2.24, 2.45) is 0 Å². The number of benzene rings is 5. The fraction of sp³-hybridized carbons (Fsp3) is 0.0526. The predicted octanol–water partition coefficient (Wildman–Crippen LogP) is 8.57. The van der Waals surface area contributed by atoms with Crippen molar-refractivity contribution in [1.82, 2.24) is 0 Å². The zero-order chi connectivity index (χ0) is 27.8. The second kappa shape index (κ2) is 10.4. The molecule has 0 atom stereocenters. The Morgan fingerprint density at radius 2 is 0.805 bits per heavy atom. The molecule has 0 spiro atoms. The zero-order valence-electron chi connectivity index (χ0n) is 22.3. The molecule has 0 aliphatic heterocycles. The molecular formula is C38H26O3. The normalized spacial score (nSPS) is 11.9. The lowest BCUT2D eigenvalue weighted by atomic mass is 9.80. The maximum absolute atomic E-state index is 13.8. The summed E-state index contributed by atoms with van der Waals surface area (Å²) in [5.74, 6) is 1.40. The first-order valence-electron chi connectivity index (χ1n) is 13.8. The van der Waals surface area contributed by atoms with Gasteiger partial charge in [0, 0.05) is 57.3 Å². The molecule has 1 aliphatic rings. The summed E-state index contributed by atoms with van der Waals surface area (Å²) in [6.07, 6.45) is 1.22. The number of furan rings is 1. The molecule has 41 heavy (non-hydrogen) atoms. The molecule has 1 aliphatic carbocycles. The third-order valence-corrected chi connectivity index (χ3v) is 7.82. The van der Waals surface area contributed by atoms with Crippen LogP contribution in [0.3, 0.4) is 0 Å². The molecule has 0 amide bonds. The Hall–Kier alpha value is -5.28. The average molecular weight is 531 g/mol. The van der Waals surface area contributed by atoms with Gasteiger partial charge in [0.05, 0.1) is 0 Å². The molecule has 1 heterocycles. The molecule has 0 radical (unpaired) electrons. The lowest BCUT2D eigenvalue weighted by Gasteiger charge is -2.21. The molecule has 0 saturated carbocycles. The van der Waals surface area contributed by atoms with Gasteiger partial charge in [-0.25, -0.2) is 0 Å². The lowest BCUT2D eigenvalue weighted by Crippen LogP contribution is -2.16. The highest BCUT2D eigenvalue weighted by Crippen LogP contribution is 2.43. The van der Waals surface area contributed by atoms with Crippen molar-refractivity contribution in [3.8, 4) is 22.6 Å². The fourth-order valence-electron chi connectivity index (χ4n) is 5.78. The van der Waals surface area contributed by atoms with E-state index in [1.807, 2.05) is 84.9 Å². The third kappa shape index (κ3) is 4.52. The summed E-state index contributed by atoms with van der Waals surface area (Å²) in [6, 6.07) is 42.5. The monoisotopic (exact) mass is 530 g/mol. The molecule has 1 aromatic heterocycles. The topological polar surface area (TPSA) is 47.3 Å². The van der Waals surface area contributed by atoms with E-state index in [0.29, 0.717) is 35.1 Å². The van der Waals surface area contributed by atoms with Gasteiger partial charge in [0.2, 0.25) is 0 Å². The summed E-state index contributed by atoms with van der Waals surface area (Å²) in [7, 11) is 0. The summed E-state index contributed by atoms with van der Waals surface area (Å²) in [5.41, 5.74) is 8.36. The van der Waals surface area contributed by atoms with Gasteiger partial charge in [-0.1, -0.05) is 121 Å². The van der Waals surface area contributed by atoms with Gasteiger partial charge in [-0.3, -0.25) is 9.59 Å². The van der Waals surface area contributed by atoms with E-state index in [9.17, 15) is 9.59 Å². The van der Waals surface area contributed by atoms with E-state index < -0.39 is 0 Å². The Bertz CT molecular complexity index is 1750.